The van der Waals surface area contributed by atoms with Crippen LogP contribution in [0, 0.1) is 0 Å². The van der Waals surface area contributed by atoms with Crippen LogP contribution in [0.3, 0.4) is 0 Å². The van der Waals surface area contributed by atoms with Crippen LogP contribution in [0.25, 0.3) is 11.0 Å². The average molecular weight is 319 g/mol. The maximum atomic E-state index is 3.98. The first-order valence-corrected chi connectivity index (χ1v) is 5.45. The topological polar surface area (TPSA) is 30.7 Å². The number of rotatable bonds is 0. The van der Waals surface area contributed by atoms with Gasteiger partial charge in [0.1, 0.15) is 0 Å². The van der Waals surface area contributed by atoms with Crippen molar-refractivity contribution in [1.82, 2.24) is 12.8 Å². The van der Waals surface area contributed by atoms with E-state index in [9.17, 15) is 0 Å². The molecule has 44 valence electrons. The summed E-state index contributed by atoms with van der Waals surface area (Å²) in [6.45, 7) is 0. The van der Waals surface area contributed by atoms with E-state index in [1.807, 2.05) is 26.7 Å². The van der Waals surface area contributed by atoms with Gasteiger partial charge in [-0.1, -0.05) is 0 Å². The van der Waals surface area contributed by atoms with E-state index < -0.39 is 0 Å². The Morgan fingerprint density at radius 2 is 2.10 bits per heavy atom. The van der Waals surface area contributed by atoms with Gasteiger partial charge >= 0.3 is 74.5 Å². The molecule has 0 bridgehead atoms. The van der Waals surface area contributed by atoms with Gasteiger partial charge in [-0.3, -0.25) is 0 Å². The molecular weight excluding hydrogens is 315 g/mol. The number of para-hydroxylation sites is 1. The van der Waals surface area contributed by atoms with Crippen LogP contribution in [0.5, 0.6) is 0 Å². The summed E-state index contributed by atoms with van der Waals surface area (Å²) >= 11 is 0.510. The average Bonchev–Trinajstić information content (AvgIpc) is 2.34. The summed E-state index contributed by atoms with van der Waals surface area (Å²) < 4.78 is 1.95. The number of hydrogen-bond acceptors (Lipinski definition) is 2. The minimum absolute atomic E-state index is 0.510. The standard InChI is InChI=1S/C6H4N3.Hg/c1-2-4-6-5(3-1)7-9-8-6;/h1-4H;/q-1;+2. The molecule has 0 saturated carbocycles. The van der Waals surface area contributed by atoms with E-state index in [1.54, 1.807) is 0 Å². The summed E-state index contributed by atoms with van der Waals surface area (Å²) in [5.74, 6) is 0. The van der Waals surface area contributed by atoms with Crippen LogP contribution in [0.1, 0.15) is 0 Å². The van der Waals surface area contributed by atoms with Gasteiger partial charge in [-0.2, -0.15) is 0 Å². The summed E-state index contributed by atoms with van der Waals surface area (Å²) in [6, 6.07) is 8.01. The molecule has 0 fully saturated rings. The summed E-state index contributed by atoms with van der Waals surface area (Å²) in [5.41, 5.74) is 2.16. The van der Waals surface area contributed by atoms with Crippen LogP contribution >= 0.6 is 0 Å². The second kappa shape index (κ2) is 2.31. The Labute approximate surface area is 74.4 Å². The van der Waals surface area contributed by atoms with Crippen LogP contribution in [-0.4, -0.2) is 12.8 Å². The van der Waals surface area contributed by atoms with Crippen LogP contribution in [0.2, 0.25) is 0 Å². The van der Waals surface area contributed by atoms with Gasteiger partial charge in [0.05, 0.1) is 0 Å². The van der Waals surface area contributed by atoms with Crippen LogP contribution in [-0.2, 0) is 26.4 Å². The van der Waals surface area contributed by atoms with Crippen molar-refractivity contribution in [3.8, 4) is 0 Å². The van der Waals surface area contributed by atoms with Gasteiger partial charge in [0.2, 0.25) is 0 Å². The van der Waals surface area contributed by atoms with E-state index >= 15 is 0 Å². The van der Waals surface area contributed by atoms with Gasteiger partial charge in [0.25, 0.3) is 0 Å². The van der Waals surface area contributed by atoms with Crippen molar-refractivity contribution in [2.45, 2.75) is 0 Å². The number of nitrogens with zero attached hydrogens (tertiary/aromatic N) is 3. The van der Waals surface area contributed by atoms with Gasteiger partial charge in [-0.05, 0) is 0 Å². The number of benzene rings is 1. The zero-order valence-electron chi connectivity index (χ0n) is 5.36. The minimum atomic E-state index is 0.510. The number of fused-ring (bicyclic) bond motifs is 1. The molecule has 2 rings (SSSR count). The zero-order valence-corrected chi connectivity index (χ0v) is 10.9. The fourth-order valence-corrected chi connectivity index (χ4v) is 2.20. The molecule has 10 heavy (non-hydrogen) atoms. The predicted molar refractivity (Wildman–Crippen MR) is 32.9 cm³/mol. The first-order chi connectivity index (χ1) is 4.88. The van der Waals surface area contributed by atoms with Gasteiger partial charge in [0, 0.05) is 0 Å². The molecule has 4 heteroatoms. The van der Waals surface area contributed by atoms with Crippen molar-refractivity contribution < 1.29 is 26.4 Å². The molecule has 0 saturated heterocycles. The fraction of sp³-hybridized carbons (Fsp3) is 0. The number of aromatic nitrogens is 3. The van der Waals surface area contributed by atoms with E-state index in [0.717, 1.165) is 11.0 Å². The van der Waals surface area contributed by atoms with E-state index in [2.05, 4.69) is 10.3 Å². The van der Waals surface area contributed by atoms with Crippen molar-refractivity contribution in [3.63, 3.8) is 0 Å². The van der Waals surface area contributed by atoms with Gasteiger partial charge in [-0.25, -0.2) is 0 Å². The Hall–Kier alpha value is -0.445. The Balaban J connectivity index is 2.93. The quantitative estimate of drug-likeness (QED) is 0.671. The first-order valence-electron chi connectivity index (χ1n) is 2.99. The second-order valence-corrected chi connectivity index (χ2v) is 4.41. The zero-order chi connectivity index (χ0) is 6.97. The molecule has 0 spiro atoms. The van der Waals surface area contributed by atoms with Crippen molar-refractivity contribution in [1.29, 1.82) is 0 Å². The molecule has 0 amide bonds. The van der Waals surface area contributed by atoms with Gasteiger partial charge in [0.15, 0.2) is 0 Å². The Kier molecular flexibility index (Phi) is 1.45. The normalized spacial score (nSPS) is 10.6. The number of hydrogen-bond donors (Lipinski definition) is 0. The second-order valence-electron chi connectivity index (χ2n) is 2.08. The molecule has 0 unspecified atom stereocenters. The molecule has 0 aliphatic carbocycles. The van der Waals surface area contributed by atoms with Crippen molar-refractivity contribution in [2.75, 3.05) is 0 Å². The van der Waals surface area contributed by atoms with E-state index in [4.69, 9.17) is 0 Å². The summed E-state index contributed by atoms with van der Waals surface area (Å²) in [6.07, 6.45) is 0. The van der Waals surface area contributed by atoms with Crippen LogP contribution < -0.4 is 0 Å². The van der Waals surface area contributed by atoms with Crippen molar-refractivity contribution in [3.05, 3.63) is 24.3 Å². The Morgan fingerprint density at radius 1 is 1.30 bits per heavy atom. The molecule has 2 aromatic rings. The predicted octanol–water partition coefficient (Wildman–Crippen LogP) is 0.741. The van der Waals surface area contributed by atoms with Crippen molar-refractivity contribution >= 4 is 11.0 Å². The van der Waals surface area contributed by atoms with Crippen LogP contribution in [0.15, 0.2) is 24.3 Å². The van der Waals surface area contributed by atoms with E-state index in [1.165, 1.54) is 0 Å². The summed E-state index contributed by atoms with van der Waals surface area (Å²) in [5, 5.41) is 7.93. The SMILES string of the molecule is [Hg+][n]1nnc2ccccc21. The van der Waals surface area contributed by atoms with E-state index in [-0.39, 0.29) is 0 Å². The third-order valence-electron chi connectivity index (χ3n) is 1.42. The Morgan fingerprint density at radius 3 is 2.90 bits per heavy atom. The van der Waals surface area contributed by atoms with E-state index in [0.29, 0.717) is 26.4 Å². The molecule has 1 aromatic heterocycles. The molecule has 1 aromatic carbocycles. The third kappa shape index (κ3) is 0.849. The molecule has 0 aliphatic heterocycles. The van der Waals surface area contributed by atoms with Crippen molar-refractivity contribution in [2.24, 2.45) is 0 Å². The van der Waals surface area contributed by atoms with Crippen LogP contribution in [0.4, 0.5) is 0 Å². The first kappa shape index (κ1) is 6.28. The third-order valence-corrected chi connectivity index (χ3v) is 3.24. The molecule has 0 aliphatic rings. The Bertz CT molecular complexity index is 355. The van der Waals surface area contributed by atoms with Gasteiger partial charge < -0.3 is 0 Å². The molecule has 0 N–H and O–H groups in total. The monoisotopic (exact) mass is 320 g/mol. The maximum absolute atomic E-state index is 3.98. The summed E-state index contributed by atoms with van der Waals surface area (Å²) in [7, 11) is 0. The molecular formula is C6H4HgN3+. The molecule has 0 atom stereocenters. The molecule has 3 nitrogen and oxygen atoms in total. The fourth-order valence-electron chi connectivity index (χ4n) is 0.917. The summed E-state index contributed by atoms with van der Waals surface area (Å²) in [4.78, 5) is 0. The van der Waals surface area contributed by atoms with Gasteiger partial charge in [-0.15, -0.1) is 0 Å². The molecule has 1 heterocycles. The molecule has 0 radical (unpaired) electrons.